The van der Waals surface area contributed by atoms with Crippen molar-refractivity contribution < 1.29 is 9.50 Å². The molecule has 0 radical (unpaired) electrons. The third kappa shape index (κ3) is 1.48. The number of alkyl halides is 1. The second kappa shape index (κ2) is 3.22. The highest BCUT2D eigenvalue weighted by Crippen LogP contribution is 2.06. The average Bonchev–Trinajstić information content (AvgIpc) is 2.05. The fourth-order valence-electron chi connectivity index (χ4n) is 0.562. The summed E-state index contributed by atoms with van der Waals surface area (Å²) < 4.78 is 11.8. The van der Waals surface area contributed by atoms with Crippen LogP contribution in [0.2, 0.25) is 0 Å². The summed E-state index contributed by atoms with van der Waals surface area (Å²) in [6.07, 6.45) is 3.08. The second-order valence-corrected chi connectivity index (χ2v) is 1.80. The Hall–Kier alpha value is -1.03. The summed E-state index contributed by atoms with van der Waals surface area (Å²) in [5.74, 6) is 0. The van der Waals surface area contributed by atoms with Gasteiger partial charge in [-0.25, -0.2) is 4.39 Å². The molecule has 0 aliphatic rings. The van der Waals surface area contributed by atoms with Crippen molar-refractivity contribution in [3.8, 4) is 0 Å². The van der Waals surface area contributed by atoms with Crippen LogP contribution in [0, 0.1) is 0 Å². The fourth-order valence-corrected chi connectivity index (χ4v) is 0.562. The lowest BCUT2D eigenvalue weighted by atomic mass is 10.3. The smallest absolute Gasteiger partial charge is 0.126 e. The van der Waals surface area contributed by atoms with Crippen LogP contribution in [0.1, 0.15) is 11.8 Å². The molecule has 1 aromatic heterocycles. The first kappa shape index (κ1) is 7.08. The van der Waals surface area contributed by atoms with Gasteiger partial charge in [-0.15, -0.1) is 0 Å². The Morgan fingerprint density at radius 3 is 2.90 bits per heavy atom. The van der Waals surface area contributed by atoms with E-state index in [-0.39, 0.29) is 5.69 Å². The van der Waals surface area contributed by atoms with E-state index in [0.29, 0.717) is 0 Å². The minimum absolute atomic E-state index is 0.269. The second-order valence-electron chi connectivity index (χ2n) is 1.80. The average molecular weight is 142 g/mol. The largest absolute Gasteiger partial charge is 0.384 e. The molecule has 0 aromatic carbocycles. The molecule has 1 N–H and O–H groups in total. The molecule has 0 aliphatic heterocycles. The summed E-state index contributed by atoms with van der Waals surface area (Å²) in [7, 11) is 0. The molecule has 0 saturated heterocycles. The third-order valence-corrected chi connectivity index (χ3v) is 1.07. The van der Waals surface area contributed by atoms with Gasteiger partial charge in [0.05, 0.1) is 11.9 Å². The Labute approximate surface area is 57.6 Å². The maximum atomic E-state index is 11.8. The molecule has 1 rings (SSSR count). The van der Waals surface area contributed by atoms with Crippen molar-refractivity contribution in [2.24, 2.45) is 0 Å². The van der Waals surface area contributed by atoms with Gasteiger partial charge in [0.1, 0.15) is 12.8 Å². The fraction of sp³-hybridized carbons (Fsp3) is 0.333. The predicted molar refractivity (Wildman–Crippen MR) is 33.0 cm³/mol. The van der Waals surface area contributed by atoms with Crippen molar-refractivity contribution in [3.63, 3.8) is 0 Å². The third-order valence-electron chi connectivity index (χ3n) is 1.07. The van der Waals surface area contributed by atoms with Gasteiger partial charge in [0.15, 0.2) is 0 Å². The van der Waals surface area contributed by atoms with Gasteiger partial charge in [0.25, 0.3) is 0 Å². The van der Waals surface area contributed by atoms with E-state index in [9.17, 15) is 4.39 Å². The topological polar surface area (TPSA) is 46.0 Å². The number of aliphatic hydroxyl groups is 1. The number of hydrogen-bond acceptors (Lipinski definition) is 3. The van der Waals surface area contributed by atoms with Crippen molar-refractivity contribution in [2.45, 2.75) is 6.10 Å². The zero-order chi connectivity index (χ0) is 7.40. The van der Waals surface area contributed by atoms with Crippen LogP contribution in [-0.2, 0) is 0 Å². The summed E-state index contributed by atoms with van der Waals surface area (Å²) >= 11 is 0. The minimum Gasteiger partial charge on any atom is -0.384 e. The van der Waals surface area contributed by atoms with Gasteiger partial charge in [-0.05, 0) is 0 Å². The molecule has 0 spiro atoms. The van der Waals surface area contributed by atoms with Crippen LogP contribution in [0.5, 0.6) is 0 Å². The van der Waals surface area contributed by atoms with E-state index in [1.165, 1.54) is 18.6 Å². The van der Waals surface area contributed by atoms with E-state index in [4.69, 9.17) is 5.11 Å². The first-order valence-corrected chi connectivity index (χ1v) is 2.84. The molecule has 0 bridgehead atoms. The van der Waals surface area contributed by atoms with Gasteiger partial charge in [0, 0.05) is 12.4 Å². The SMILES string of the molecule is OC(CF)c1cnccn1. The zero-order valence-electron chi connectivity index (χ0n) is 5.24. The van der Waals surface area contributed by atoms with E-state index in [0.717, 1.165) is 0 Å². The number of nitrogens with zero attached hydrogens (tertiary/aromatic N) is 2. The molecule has 3 nitrogen and oxygen atoms in total. The molecular weight excluding hydrogens is 135 g/mol. The van der Waals surface area contributed by atoms with Crippen LogP contribution < -0.4 is 0 Å². The summed E-state index contributed by atoms with van der Waals surface area (Å²) in [5.41, 5.74) is 0.269. The highest BCUT2D eigenvalue weighted by molar-refractivity contribution is 4.98. The monoisotopic (exact) mass is 142 g/mol. The van der Waals surface area contributed by atoms with E-state index in [2.05, 4.69) is 9.97 Å². The van der Waals surface area contributed by atoms with Crippen molar-refractivity contribution in [3.05, 3.63) is 24.3 Å². The molecule has 1 unspecified atom stereocenters. The summed E-state index contributed by atoms with van der Waals surface area (Å²) in [5, 5.41) is 8.85. The summed E-state index contributed by atoms with van der Waals surface area (Å²) in [6, 6.07) is 0. The lowest BCUT2D eigenvalue weighted by molar-refractivity contribution is 0.137. The highest BCUT2D eigenvalue weighted by atomic mass is 19.1. The van der Waals surface area contributed by atoms with Crippen LogP contribution in [0.25, 0.3) is 0 Å². The first-order valence-electron chi connectivity index (χ1n) is 2.84. The van der Waals surface area contributed by atoms with Gasteiger partial charge in [0.2, 0.25) is 0 Å². The maximum absolute atomic E-state index is 11.8. The Balaban J connectivity index is 2.75. The van der Waals surface area contributed by atoms with Crippen LogP contribution in [0.15, 0.2) is 18.6 Å². The van der Waals surface area contributed by atoms with Gasteiger partial charge in [-0.1, -0.05) is 0 Å². The standard InChI is InChI=1S/C6H7FN2O/c7-3-6(10)5-4-8-1-2-9-5/h1-2,4,6,10H,3H2. The molecule has 1 aromatic rings. The Kier molecular flexibility index (Phi) is 2.28. The van der Waals surface area contributed by atoms with Crippen LogP contribution in [0.4, 0.5) is 4.39 Å². The van der Waals surface area contributed by atoms with Crippen LogP contribution >= 0.6 is 0 Å². The van der Waals surface area contributed by atoms with Crippen molar-refractivity contribution in [1.29, 1.82) is 0 Å². The minimum atomic E-state index is -1.13. The summed E-state index contributed by atoms with van der Waals surface area (Å²) in [6.45, 7) is -0.821. The molecule has 1 heterocycles. The van der Waals surface area contributed by atoms with Gasteiger partial charge in [-0.3, -0.25) is 9.97 Å². The Morgan fingerprint density at radius 1 is 1.60 bits per heavy atom. The molecule has 0 aliphatic carbocycles. The van der Waals surface area contributed by atoms with E-state index in [1.807, 2.05) is 0 Å². The molecule has 10 heavy (non-hydrogen) atoms. The van der Waals surface area contributed by atoms with E-state index < -0.39 is 12.8 Å². The van der Waals surface area contributed by atoms with E-state index in [1.54, 1.807) is 0 Å². The number of aromatic nitrogens is 2. The van der Waals surface area contributed by atoms with Crippen LogP contribution in [-0.4, -0.2) is 21.7 Å². The van der Waals surface area contributed by atoms with E-state index >= 15 is 0 Å². The molecule has 0 amide bonds. The van der Waals surface area contributed by atoms with Gasteiger partial charge in [-0.2, -0.15) is 0 Å². The number of hydrogen-bond donors (Lipinski definition) is 1. The Morgan fingerprint density at radius 2 is 2.40 bits per heavy atom. The van der Waals surface area contributed by atoms with Gasteiger partial charge >= 0.3 is 0 Å². The van der Waals surface area contributed by atoms with Gasteiger partial charge < -0.3 is 5.11 Å². The molecule has 4 heteroatoms. The highest BCUT2D eigenvalue weighted by Gasteiger charge is 2.06. The lowest BCUT2D eigenvalue weighted by Gasteiger charge is -2.01. The molecule has 54 valence electrons. The number of rotatable bonds is 2. The zero-order valence-corrected chi connectivity index (χ0v) is 5.24. The summed E-state index contributed by atoms with van der Waals surface area (Å²) in [4.78, 5) is 7.36. The number of halogens is 1. The molecule has 0 saturated carbocycles. The lowest BCUT2D eigenvalue weighted by Crippen LogP contribution is -2.01. The number of aliphatic hydroxyl groups excluding tert-OH is 1. The quantitative estimate of drug-likeness (QED) is 0.653. The maximum Gasteiger partial charge on any atom is 0.126 e. The van der Waals surface area contributed by atoms with Crippen molar-refractivity contribution in [1.82, 2.24) is 9.97 Å². The predicted octanol–water partition coefficient (Wildman–Crippen LogP) is 0.480. The molecular formula is C6H7FN2O. The van der Waals surface area contributed by atoms with Crippen LogP contribution in [0.3, 0.4) is 0 Å². The van der Waals surface area contributed by atoms with Crippen molar-refractivity contribution >= 4 is 0 Å². The first-order chi connectivity index (χ1) is 4.84. The normalized spacial score (nSPS) is 13.0. The van der Waals surface area contributed by atoms with Crippen molar-refractivity contribution in [2.75, 3.05) is 6.67 Å². The molecule has 1 atom stereocenters. The Bertz CT molecular complexity index is 192. The molecule has 0 fully saturated rings.